The van der Waals surface area contributed by atoms with Crippen molar-refractivity contribution in [2.45, 2.75) is 19.4 Å². The number of nitrogens with zero attached hydrogens (tertiary/aromatic N) is 1. The van der Waals surface area contributed by atoms with Crippen molar-refractivity contribution in [3.05, 3.63) is 28.8 Å². The molecule has 2 aromatic rings. The first kappa shape index (κ1) is 11.1. The van der Waals surface area contributed by atoms with Crippen molar-refractivity contribution in [3.63, 3.8) is 0 Å². The standard InChI is InChI=1S/C13H16N2OS/c1-9-2-3-11-12(6-9)17-13(15-11)7-10-8-16-5-4-14-10/h2-3,6,10,14H,4-5,7-8H2,1H3. The van der Waals surface area contributed by atoms with E-state index in [-0.39, 0.29) is 0 Å². The van der Waals surface area contributed by atoms with Gasteiger partial charge in [0.1, 0.15) is 0 Å². The smallest absolute Gasteiger partial charge is 0.0955 e. The molecule has 0 aliphatic carbocycles. The van der Waals surface area contributed by atoms with Crippen LogP contribution in [0.2, 0.25) is 0 Å². The van der Waals surface area contributed by atoms with Crippen molar-refractivity contribution in [1.82, 2.24) is 10.3 Å². The Morgan fingerprint density at radius 2 is 2.47 bits per heavy atom. The molecule has 4 heteroatoms. The lowest BCUT2D eigenvalue weighted by molar-refractivity contribution is 0.0770. The van der Waals surface area contributed by atoms with Gasteiger partial charge in [0.25, 0.3) is 0 Å². The van der Waals surface area contributed by atoms with E-state index in [1.807, 2.05) is 0 Å². The molecular formula is C13H16N2OS. The largest absolute Gasteiger partial charge is 0.379 e. The van der Waals surface area contributed by atoms with E-state index in [1.54, 1.807) is 11.3 Å². The molecule has 1 N–H and O–H groups in total. The van der Waals surface area contributed by atoms with Crippen LogP contribution in [0.4, 0.5) is 0 Å². The van der Waals surface area contributed by atoms with Gasteiger partial charge in [0.15, 0.2) is 0 Å². The maximum absolute atomic E-state index is 5.46. The number of hydrogen-bond acceptors (Lipinski definition) is 4. The van der Waals surface area contributed by atoms with Gasteiger partial charge in [-0.1, -0.05) is 6.07 Å². The van der Waals surface area contributed by atoms with Gasteiger partial charge < -0.3 is 10.1 Å². The zero-order valence-electron chi connectivity index (χ0n) is 9.90. The first-order chi connectivity index (χ1) is 8.31. The number of fused-ring (bicyclic) bond motifs is 1. The SMILES string of the molecule is Cc1ccc2nc(CC3COCCN3)sc2c1. The third kappa shape index (κ3) is 2.49. The van der Waals surface area contributed by atoms with E-state index in [0.29, 0.717) is 6.04 Å². The summed E-state index contributed by atoms with van der Waals surface area (Å²) in [6.07, 6.45) is 0.971. The van der Waals surface area contributed by atoms with E-state index in [4.69, 9.17) is 4.74 Å². The monoisotopic (exact) mass is 248 g/mol. The molecule has 0 bridgehead atoms. The maximum Gasteiger partial charge on any atom is 0.0955 e. The fourth-order valence-corrected chi connectivity index (χ4v) is 3.27. The van der Waals surface area contributed by atoms with E-state index >= 15 is 0 Å². The predicted molar refractivity (Wildman–Crippen MR) is 70.7 cm³/mol. The first-order valence-corrected chi connectivity index (χ1v) is 6.80. The molecule has 0 radical (unpaired) electrons. The van der Waals surface area contributed by atoms with Gasteiger partial charge in [-0.15, -0.1) is 11.3 Å². The highest BCUT2D eigenvalue weighted by Crippen LogP contribution is 2.24. The molecule has 0 saturated carbocycles. The Morgan fingerprint density at radius 1 is 1.53 bits per heavy atom. The summed E-state index contributed by atoms with van der Waals surface area (Å²) in [6.45, 7) is 4.70. The number of aryl methyl sites for hydroxylation is 1. The van der Waals surface area contributed by atoms with Gasteiger partial charge >= 0.3 is 0 Å². The molecule has 1 fully saturated rings. The highest BCUT2D eigenvalue weighted by Gasteiger charge is 2.15. The number of benzene rings is 1. The summed E-state index contributed by atoms with van der Waals surface area (Å²) in [6, 6.07) is 6.86. The average Bonchev–Trinajstić information content (AvgIpc) is 2.71. The molecule has 0 spiro atoms. The predicted octanol–water partition coefficient (Wildman–Crippen LogP) is 2.14. The molecule has 1 aliphatic rings. The molecule has 1 aromatic heterocycles. The minimum Gasteiger partial charge on any atom is -0.379 e. The fraction of sp³-hybridized carbons (Fsp3) is 0.462. The fourth-order valence-electron chi connectivity index (χ4n) is 2.13. The van der Waals surface area contributed by atoms with Crippen LogP contribution >= 0.6 is 11.3 Å². The Hall–Kier alpha value is -0.970. The number of hydrogen-bond donors (Lipinski definition) is 1. The van der Waals surface area contributed by atoms with Gasteiger partial charge in [0.2, 0.25) is 0 Å². The number of morpholine rings is 1. The van der Waals surface area contributed by atoms with Crippen LogP contribution in [0, 0.1) is 6.92 Å². The van der Waals surface area contributed by atoms with Gasteiger partial charge in [-0.3, -0.25) is 0 Å². The summed E-state index contributed by atoms with van der Waals surface area (Å²) < 4.78 is 6.75. The zero-order valence-corrected chi connectivity index (χ0v) is 10.7. The van der Waals surface area contributed by atoms with Crippen LogP contribution in [-0.4, -0.2) is 30.8 Å². The highest BCUT2D eigenvalue weighted by atomic mass is 32.1. The zero-order chi connectivity index (χ0) is 11.7. The van der Waals surface area contributed by atoms with Crippen LogP contribution in [0.5, 0.6) is 0 Å². The summed E-state index contributed by atoms with van der Waals surface area (Å²) in [4.78, 5) is 4.67. The van der Waals surface area contributed by atoms with Crippen molar-refractivity contribution < 1.29 is 4.74 Å². The third-order valence-electron chi connectivity index (χ3n) is 3.01. The molecule has 17 heavy (non-hydrogen) atoms. The molecule has 1 unspecified atom stereocenters. The average molecular weight is 248 g/mol. The third-order valence-corrected chi connectivity index (χ3v) is 4.05. The Labute approximate surface area is 105 Å². The van der Waals surface area contributed by atoms with Crippen LogP contribution in [0.1, 0.15) is 10.6 Å². The molecule has 2 heterocycles. The summed E-state index contributed by atoms with van der Waals surface area (Å²) >= 11 is 1.80. The van der Waals surface area contributed by atoms with Gasteiger partial charge in [0.05, 0.1) is 28.4 Å². The Kier molecular flexibility index (Phi) is 3.09. The summed E-state index contributed by atoms with van der Waals surface area (Å²) in [7, 11) is 0. The van der Waals surface area contributed by atoms with Crippen molar-refractivity contribution in [2.24, 2.45) is 0 Å². The van der Waals surface area contributed by atoms with E-state index in [1.165, 1.54) is 15.3 Å². The Balaban J connectivity index is 1.80. The van der Waals surface area contributed by atoms with Gasteiger partial charge in [-0.25, -0.2) is 4.98 Å². The van der Waals surface area contributed by atoms with E-state index in [9.17, 15) is 0 Å². The molecule has 0 amide bonds. The van der Waals surface area contributed by atoms with E-state index < -0.39 is 0 Å². The van der Waals surface area contributed by atoms with Crippen molar-refractivity contribution >= 4 is 21.6 Å². The molecule has 1 atom stereocenters. The quantitative estimate of drug-likeness (QED) is 0.884. The molecule has 1 saturated heterocycles. The van der Waals surface area contributed by atoms with Crippen LogP contribution < -0.4 is 5.32 Å². The molecule has 1 aromatic carbocycles. The lowest BCUT2D eigenvalue weighted by Crippen LogP contribution is -2.42. The lowest BCUT2D eigenvalue weighted by Gasteiger charge is -2.22. The second-order valence-corrected chi connectivity index (χ2v) is 5.62. The number of aromatic nitrogens is 1. The summed E-state index contributed by atoms with van der Waals surface area (Å²) in [5.74, 6) is 0. The number of ether oxygens (including phenoxy) is 1. The Morgan fingerprint density at radius 3 is 3.29 bits per heavy atom. The first-order valence-electron chi connectivity index (χ1n) is 5.98. The second-order valence-electron chi connectivity index (χ2n) is 4.51. The van der Waals surface area contributed by atoms with Crippen LogP contribution in [0.15, 0.2) is 18.2 Å². The minimum absolute atomic E-state index is 0.422. The van der Waals surface area contributed by atoms with Crippen LogP contribution in [0.3, 0.4) is 0 Å². The van der Waals surface area contributed by atoms with Crippen molar-refractivity contribution in [3.8, 4) is 0 Å². The normalized spacial score (nSPS) is 20.9. The minimum atomic E-state index is 0.422. The topological polar surface area (TPSA) is 34.1 Å². The number of thiazole rings is 1. The van der Waals surface area contributed by atoms with Crippen LogP contribution in [-0.2, 0) is 11.2 Å². The summed E-state index contributed by atoms with van der Waals surface area (Å²) in [5, 5.41) is 4.67. The van der Waals surface area contributed by atoms with E-state index in [0.717, 1.165) is 31.7 Å². The molecule has 90 valence electrons. The molecule has 1 aliphatic heterocycles. The van der Waals surface area contributed by atoms with Crippen molar-refractivity contribution in [2.75, 3.05) is 19.8 Å². The van der Waals surface area contributed by atoms with Gasteiger partial charge in [-0.05, 0) is 24.6 Å². The number of nitrogens with one attached hydrogen (secondary N) is 1. The van der Waals surface area contributed by atoms with Crippen LogP contribution in [0.25, 0.3) is 10.2 Å². The molecule has 3 rings (SSSR count). The molecule has 3 nitrogen and oxygen atoms in total. The number of rotatable bonds is 2. The molecular weight excluding hydrogens is 232 g/mol. The Bertz CT molecular complexity index is 517. The van der Waals surface area contributed by atoms with Crippen molar-refractivity contribution in [1.29, 1.82) is 0 Å². The second kappa shape index (κ2) is 4.72. The maximum atomic E-state index is 5.46. The highest BCUT2D eigenvalue weighted by molar-refractivity contribution is 7.18. The van der Waals surface area contributed by atoms with E-state index in [2.05, 4.69) is 35.4 Å². The van der Waals surface area contributed by atoms with Gasteiger partial charge in [-0.2, -0.15) is 0 Å². The summed E-state index contributed by atoms with van der Waals surface area (Å²) in [5.41, 5.74) is 2.42. The van der Waals surface area contributed by atoms with Gasteiger partial charge in [0, 0.05) is 19.0 Å². The lowest BCUT2D eigenvalue weighted by atomic mass is 10.2.